The van der Waals surface area contributed by atoms with Crippen molar-refractivity contribution in [1.29, 1.82) is 0 Å². The molecule has 0 saturated carbocycles. The zero-order valence-electron chi connectivity index (χ0n) is 55.1. The van der Waals surface area contributed by atoms with Gasteiger partial charge in [-0.2, -0.15) is 0 Å². The molecule has 0 N–H and O–H groups in total. The molecule has 0 spiro atoms. The standard InChI is InChI=1S/C60H111Si10.3ClH.Ti/c1-39-38-60(10,47(9)40(39)2)70(57-44(6)51(64(20,21)22)48(61(11,12)13)41(3)54(57)67(29,30)31,58-45(7)52(65(23,24)25)49(62(14,15)16)42(4)55(58)68(32,33)34)59-46(8)53(66(26,27)28)50(63(17,18)19)43(5)56(59)69(35,36)37;;;;/h1-37H3;3*1H;/q;;;;+3/p-3. The number of benzene rings is 3. The fourth-order valence-corrected chi connectivity index (χ4v) is 56.9. The van der Waals surface area contributed by atoms with Crippen LogP contribution in [0.1, 0.15) is 61.1 Å². The average molecular weight is 1270 g/mol. The van der Waals surface area contributed by atoms with E-state index in [0.717, 1.165) is 0 Å². The maximum atomic E-state index is 2.92. The molecule has 74 heavy (non-hydrogen) atoms. The van der Waals surface area contributed by atoms with E-state index >= 15 is 0 Å². The molecular weight excluding hydrogens is 1160 g/mol. The second-order valence-electron chi connectivity index (χ2n) is 32.6. The Balaban J connectivity index is 0.00000913. The third-order valence-electron chi connectivity index (χ3n) is 17.4. The van der Waals surface area contributed by atoms with E-state index in [1.807, 2.05) is 62.2 Å². The van der Waals surface area contributed by atoms with Gasteiger partial charge in [0, 0.05) is 0 Å². The predicted octanol–water partition coefficient (Wildman–Crippen LogP) is 2.86. The van der Waals surface area contributed by atoms with Gasteiger partial charge in [-0.1, -0.05) is 0 Å². The van der Waals surface area contributed by atoms with Crippen LogP contribution in [0.5, 0.6) is 0 Å². The van der Waals surface area contributed by atoms with Gasteiger partial charge < -0.3 is 37.2 Å². The molecule has 3 aromatic carbocycles. The molecule has 0 bridgehead atoms. The molecule has 0 fully saturated rings. The predicted molar refractivity (Wildman–Crippen MR) is 359 cm³/mol. The summed E-state index contributed by atoms with van der Waals surface area (Å²) in [7, 11) is -21.6. The van der Waals surface area contributed by atoms with Crippen LogP contribution in [0.4, 0.5) is 0 Å². The second kappa shape index (κ2) is 22.2. The summed E-state index contributed by atoms with van der Waals surface area (Å²) in [5, 5.41) is 22.1. The molecule has 1 aliphatic rings. The quantitative estimate of drug-likeness (QED) is 0.183. The van der Waals surface area contributed by atoms with Crippen molar-refractivity contribution in [2.75, 3.05) is 0 Å². The third kappa shape index (κ3) is 11.9. The summed E-state index contributed by atoms with van der Waals surface area (Å²) in [6.45, 7) is 101. The van der Waals surface area contributed by atoms with Gasteiger partial charge >= 0.3 is 468 Å². The van der Waals surface area contributed by atoms with Gasteiger partial charge in [0.15, 0.2) is 0 Å². The SMILES string of the molecule is CC1=C(C)C(C)([Si](c2c(C)c([Si](C)(C)C)c([Si](C)(C)C)c(C)c2[Si](C)(C)C)(c2c(C)c([Si](C)(C)C)c([Si](C)(C)C)c(C)c2[Si](C)(C)C)c2c(C)c([Si](C)(C)C)c([Si](C)(C)C)c(C)c2[Si](C)(C)C)[C]([Ti+3])=C1C.[Cl-].[Cl-].[Cl-]. The monoisotopic (exact) mass is 1260 g/mol. The van der Waals surface area contributed by atoms with Gasteiger partial charge in [-0.3, -0.25) is 0 Å². The molecule has 1 unspecified atom stereocenters. The van der Waals surface area contributed by atoms with Crippen LogP contribution in [-0.2, 0) is 20.4 Å². The summed E-state index contributed by atoms with van der Waals surface area (Å²) >= 11 is 2.67. The molecule has 0 radical (unpaired) electrons. The summed E-state index contributed by atoms with van der Waals surface area (Å²) < 4.78 is 1.67. The maximum absolute atomic E-state index is 3.49. The Hall–Kier alpha value is 0.893. The van der Waals surface area contributed by atoms with Crippen LogP contribution in [0.15, 0.2) is 20.6 Å². The number of hydrogen-bond donors (Lipinski definition) is 0. The molecule has 1 aliphatic carbocycles. The van der Waals surface area contributed by atoms with E-state index in [0.29, 0.717) is 0 Å². The van der Waals surface area contributed by atoms with Gasteiger partial charge in [-0.05, 0) is 0 Å². The van der Waals surface area contributed by atoms with Crippen molar-refractivity contribution >= 4 is 143 Å². The van der Waals surface area contributed by atoms with Gasteiger partial charge in [0.2, 0.25) is 0 Å². The Morgan fingerprint density at radius 2 is 0.378 bits per heavy atom. The van der Waals surface area contributed by atoms with E-state index in [4.69, 9.17) is 0 Å². The maximum Gasteiger partial charge on any atom is -1.00 e. The van der Waals surface area contributed by atoms with Gasteiger partial charge in [0.25, 0.3) is 0 Å². The van der Waals surface area contributed by atoms with Crippen LogP contribution >= 0.6 is 0 Å². The molecule has 0 aromatic heterocycles. The van der Waals surface area contributed by atoms with Crippen molar-refractivity contribution < 1.29 is 57.7 Å². The Morgan fingerprint density at radius 1 is 0.243 bits per heavy atom. The molecule has 0 heterocycles. The van der Waals surface area contributed by atoms with Crippen molar-refractivity contribution in [3.05, 3.63) is 54.0 Å². The number of rotatable bonds is 13. The van der Waals surface area contributed by atoms with E-state index in [2.05, 4.69) is 266 Å². The number of allylic oxidation sites excluding steroid dienone is 4. The first-order valence-corrected chi connectivity index (χ1v) is 62.0. The minimum absolute atomic E-state index is 0. The van der Waals surface area contributed by atoms with Crippen molar-refractivity contribution in [2.45, 2.75) is 251 Å². The van der Waals surface area contributed by atoms with Crippen molar-refractivity contribution in [3.63, 3.8) is 0 Å². The second-order valence-corrected chi connectivity index (χ2v) is 82.4. The third-order valence-corrected chi connectivity index (χ3v) is 46.0. The molecule has 416 valence electrons. The minimum Gasteiger partial charge on any atom is -1.00 e. The smallest absolute Gasteiger partial charge is 1.00 e. The van der Waals surface area contributed by atoms with Gasteiger partial charge in [-0.25, -0.2) is 0 Å². The first-order chi connectivity index (χ1) is 31.1. The Bertz CT molecular complexity index is 2480. The normalized spacial score (nSPS) is 17.0. The van der Waals surface area contributed by atoms with E-state index in [9.17, 15) is 0 Å². The van der Waals surface area contributed by atoms with Crippen LogP contribution in [-0.4, -0.2) is 80.7 Å². The number of halogens is 3. The van der Waals surface area contributed by atoms with E-state index in [1.165, 1.54) is 0 Å². The molecule has 0 saturated heterocycles. The molecule has 0 nitrogen and oxygen atoms in total. The fraction of sp³-hybridized carbons (Fsp3) is 0.633. The Labute approximate surface area is 500 Å². The van der Waals surface area contributed by atoms with Gasteiger partial charge in [0.1, 0.15) is 0 Å². The average Bonchev–Trinajstić information content (AvgIpc) is 3.25. The van der Waals surface area contributed by atoms with Gasteiger partial charge in [-0.15, -0.1) is 0 Å². The van der Waals surface area contributed by atoms with Crippen LogP contribution in [0, 0.1) is 41.5 Å². The summed E-state index contributed by atoms with van der Waals surface area (Å²) in [5.74, 6) is 0. The Morgan fingerprint density at radius 3 is 0.500 bits per heavy atom. The topological polar surface area (TPSA) is 0 Å². The number of hydrogen-bond acceptors (Lipinski definition) is 0. The molecule has 14 heteroatoms. The summed E-state index contributed by atoms with van der Waals surface area (Å²) in [4.78, 5) is 0. The summed E-state index contributed by atoms with van der Waals surface area (Å²) in [6, 6.07) is 0. The zero-order chi connectivity index (χ0) is 56.2. The van der Waals surface area contributed by atoms with E-state index < -0.39 is 80.7 Å². The largest absolute Gasteiger partial charge is 1.00 e. The van der Waals surface area contributed by atoms with Crippen molar-refractivity contribution in [1.82, 2.24) is 0 Å². The van der Waals surface area contributed by atoms with Crippen LogP contribution in [0.25, 0.3) is 0 Å². The van der Waals surface area contributed by atoms with Crippen LogP contribution in [0.3, 0.4) is 0 Å². The molecular formula is C60H111Cl3Si10Ti. The zero-order valence-corrected chi connectivity index (χ0v) is 69.0. The van der Waals surface area contributed by atoms with Gasteiger partial charge in [0.05, 0.1) is 0 Å². The van der Waals surface area contributed by atoms with E-state index in [-0.39, 0.29) is 42.3 Å². The molecule has 3 aromatic rings. The minimum atomic E-state index is -3.49. The molecule has 4 rings (SSSR count). The molecule has 0 amide bonds. The first-order valence-electron chi connectivity index (χ1n) is 27.8. The summed E-state index contributed by atoms with van der Waals surface area (Å²) in [6.07, 6.45) is 0. The summed E-state index contributed by atoms with van der Waals surface area (Å²) in [5.41, 5.74) is 15.2. The first kappa shape index (κ1) is 72.9. The van der Waals surface area contributed by atoms with Crippen molar-refractivity contribution in [3.8, 4) is 0 Å². The van der Waals surface area contributed by atoms with Crippen LogP contribution < -0.4 is 99.5 Å². The van der Waals surface area contributed by atoms with E-state index in [1.54, 1.807) is 54.0 Å². The Kier molecular flexibility index (Phi) is 21.9. The fourth-order valence-electron chi connectivity index (χ4n) is 15.8. The van der Waals surface area contributed by atoms with Crippen molar-refractivity contribution in [2.24, 2.45) is 0 Å². The van der Waals surface area contributed by atoms with Crippen LogP contribution in [0.2, 0.25) is 182 Å². The molecule has 1 atom stereocenters. The molecule has 0 aliphatic heterocycles.